The molecular weight excluding hydrogens is 210 g/mol. The van der Waals surface area contributed by atoms with Crippen molar-refractivity contribution in [3.63, 3.8) is 0 Å². The first-order chi connectivity index (χ1) is 8.04. The van der Waals surface area contributed by atoms with Crippen LogP contribution in [0, 0.1) is 0 Å². The minimum absolute atomic E-state index is 0.179. The Kier molecular flexibility index (Phi) is 4.27. The van der Waals surface area contributed by atoms with Gasteiger partial charge in [0, 0.05) is 13.2 Å². The summed E-state index contributed by atoms with van der Waals surface area (Å²) < 4.78 is 1.94. The summed E-state index contributed by atoms with van der Waals surface area (Å²) in [5, 5.41) is 0. The summed E-state index contributed by atoms with van der Waals surface area (Å²) in [6, 6.07) is 2.14. The van der Waals surface area contributed by atoms with E-state index >= 15 is 0 Å². The van der Waals surface area contributed by atoms with Crippen molar-refractivity contribution in [3.05, 3.63) is 24.2 Å². The lowest BCUT2D eigenvalue weighted by Gasteiger charge is -2.22. The van der Waals surface area contributed by atoms with Crippen LogP contribution >= 0.6 is 0 Å². The first kappa shape index (κ1) is 13.7. The number of hydrogen-bond donors (Lipinski definition) is 0. The van der Waals surface area contributed by atoms with Gasteiger partial charge in [0.25, 0.3) is 0 Å². The topological polar surface area (TPSA) is 30.7 Å². The highest BCUT2D eigenvalue weighted by Crippen LogP contribution is 2.27. The molecule has 0 saturated carbocycles. The lowest BCUT2D eigenvalue weighted by atomic mass is 9.83. The van der Waals surface area contributed by atoms with E-state index in [1.54, 1.807) is 6.33 Å². The molecular formula is C14H23N3. The molecule has 2 rings (SSSR count). The lowest BCUT2D eigenvalue weighted by molar-refractivity contribution is 0.505. The molecule has 0 N–H and O–H groups in total. The van der Waals surface area contributed by atoms with Crippen molar-refractivity contribution in [1.82, 2.24) is 14.5 Å². The lowest BCUT2D eigenvalue weighted by Crippen LogP contribution is -2.15. The van der Waals surface area contributed by atoms with Gasteiger partial charge in [-0.3, -0.25) is 0 Å². The van der Waals surface area contributed by atoms with E-state index in [2.05, 4.69) is 36.8 Å². The Bertz CT molecular complexity index is 483. The number of nitrogens with zero attached hydrogens (tertiary/aromatic N) is 3. The second-order valence-electron chi connectivity index (χ2n) is 4.66. The molecule has 0 amide bonds. The summed E-state index contributed by atoms with van der Waals surface area (Å²) in [5.41, 5.74) is 3.37. The van der Waals surface area contributed by atoms with Crippen LogP contribution in [0.3, 0.4) is 0 Å². The summed E-state index contributed by atoms with van der Waals surface area (Å²) in [5.74, 6) is 0. The predicted octanol–water partition coefficient (Wildman–Crippen LogP) is 3.68. The zero-order valence-corrected chi connectivity index (χ0v) is 11.8. The minimum atomic E-state index is 0.179. The molecule has 0 saturated heterocycles. The predicted molar refractivity (Wildman–Crippen MR) is 73.2 cm³/mol. The normalized spacial score (nSPS) is 11.2. The van der Waals surface area contributed by atoms with Crippen LogP contribution in [0.4, 0.5) is 0 Å². The second kappa shape index (κ2) is 5.30. The minimum Gasteiger partial charge on any atom is -0.318 e. The van der Waals surface area contributed by atoms with Gasteiger partial charge in [0.1, 0.15) is 5.52 Å². The summed E-state index contributed by atoms with van der Waals surface area (Å²) in [6.07, 6.45) is 4.88. The van der Waals surface area contributed by atoms with Gasteiger partial charge < -0.3 is 4.57 Å². The van der Waals surface area contributed by atoms with E-state index in [0.717, 1.165) is 17.6 Å². The molecule has 0 aliphatic rings. The molecule has 94 valence electrons. The van der Waals surface area contributed by atoms with Gasteiger partial charge in [-0.25, -0.2) is 9.97 Å². The largest absolute Gasteiger partial charge is 0.318 e. The molecule has 3 nitrogen and oxygen atoms in total. The number of hydrogen-bond acceptors (Lipinski definition) is 2. The third kappa shape index (κ3) is 2.65. The molecule has 17 heavy (non-hydrogen) atoms. The summed E-state index contributed by atoms with van der Waals surface area (Å²) in [6.45, 7) is 10.7. The van der Waals surface area contributed by atoms with Crippen molar-refractivity contribution in [1.29, 1.82) is 0 Å². The maximum absolute atomic E-state index is 4.46. The third-order valence-corrected chi connectivity index (χ3v) is 3.22. The Morgan fingerprint density at radius 3 is 2.47 bits per heavy atom. The van der Waals surface area contributed by atoms with Gasteiger partial charge in [0.05, 0.1) is 6.33 Å². The molecule has 0 aliphatic heterocycles. The van der Waals surface area contributed by atoms with E-state index in [1.807, 2.05) is 31.7 Å². The van der Waals surface area contributed by atoms with Crippen LogP contribution < -0.4 is 0 Å². The molecule has 0 spiro atoms. The number of aryl methyl sites for hydroxylation is 1. The Labute approximate surface area is 104 Å². The molecule has 2 aromatic rings. The molecule has 2 aromatic heterocycles. The third-order valence-electron chi connectivity index (χ3n) is 3.22. The zero-order valence-electron chi connectivity index (χ0n) is 11.8. The molecule has 3 heteroatoms. The molecule has 0 bridgehead atoms. The first-order valence-corrected chi connectivity index (χ1v) is 6.32. The fourth-order valence-corrected chi connectivity index (χ4v) is 1.59. The summed E-state index contributed by atoms with van der Waals surface area (Å²) >= 11 is 0. The van der Waals surface area contributed by atoms with E-state index in [4.69, 9.17) is 0 Å². The highest BCUT2D eigenvalue weighted by atomic mass is 15.1. The smallest absolute Gasteiger partial charge is 0.159 e. The van der Waals surface area contributed by atoms with Crippen molar-refractivity contribution in [2.75, 3.05) is 0 Å². The average Bonchev–Trinajstić information content (AvgIpc) is 2.73. The summed E-state index contributed by atoms with van der Waals surface area (Å²) in [4.78, 5) is 8.78. The molecule has 2 heterocycles. The first-order valence-electron chi connectivity index (χ1n) is 6.32. The van der Waals surface area contributed by atoms with Gasteiger partial charge in [-0.05, 0) is 23.5 Å². The number of aromatic nitrogens is 3. The Morgan fingerprint density at radius 1 is 1.24 bits per heavy atom. The van der Waals surface area contributed by atoms with Gasteiger partial charge >= 0.3 is 0 Å². The van der Waals surface area contributed by atoms with Crippen LogP contribution in [0.15, 0.2) is 18.6 Å². The van der Waals surface area contributed by atoms with Crippen LogP contribution in [-0.2, 0) is 12.5 Å². The highest BCUT2D eigenvalue weighted by molar-refractivity contribution is 5.71. The summed E-state index contributed by atoms with van der Waals surface area (Å²) in [7, 11) is 1.97. The SMILES string of the molecule is CC.CCC(C)(C)c1cnc2c(c1)ncn2C. The number of fused-ring (bicyclic) bond motifs is 1. The fourth-order valence-electron chi connectivity index (χ4n) is 1.59. The van der Waals surface area contributed by atoms with Crippen LogP contribution in [-0.4, -0.2) is 14.5 Å². The monoisotopic (exact) mass is 233 g/mol. The standard InChI is InChI=1S/C12H17N3.C2H6/c1-5-12(2,3)9-6-10-11(13-7-9)15(4)8-14-10;1-2/h6-8H,5H2,1-4H3;1-2H3. The van der Waals surface area contributed by atoms with E-state index in [9.17, 15) is 0 Å². The van der Waals surface area contributed by atoms with Crippen molar-refractivity contribution in [2.24, 2.45) is 7.05 Å². The van der Waals surface area contributed by atoms with Crippen molar-refractivity contribution in [2.45, 2.75) is 46.5 Å². The number of rotatable bonds is 2. The van der Waals surface area contributed by atoms with Crippen LogP contribution in [0.5, 0.6) is 0 Å². The van der Waals surface area contributed by atoms with Gasteiger partial charge in [-0.1, -0.05) is 34.6 Å². The quantitative estimate of drug-likeness (QED) is 0.792. The Hall–Kier alpha value is -1.38. The van der Waals surface area contributed by atoms with Gasteiger partial charge in [0.2, 0.25) is 0 Å². The highest BCUT2D eigenvalue weighted by Gasteiger charge is 2.19. The zero-order chi connectivity index (χ0) is 13.1. The molecule has 0 unspecified atom stereocenters. The van der Waals surface area contributed by atoms with Gasteiger partial charge in [-0.2, -0.15) is 0 Å². The average molecular weight is 233 g/mol. The molecule has 0 radical (unpaired) electrons. The molecule has 0 atom stereocenters. The van der Waals surface area contributed by atoms with E-state index < -0.39 is 0 Å². The van der Waals surface area contributed by atoms with Crippen LogP contribution in [0.25, 0.3) is 11.2 Å². The number of imidazole rings is 1. The van der Waals surface area contributed by atoms with Crippen molar-refractivity contribution >= 4 is 11.2 Å². The van der Waals surface area contributed by atoms with Gasteiger partial charge in [-0.15, -0.1) is 0 Å². The van der Waals surface area contributed by atoms with Gasteiger partial charge in [0.15, 0.2) is 5.65 Å². The maximum Gasteiger partial charge on any atom is 0.159 e. The molecule has 0 aromatic carbocycles. The Balaban J connectivity index is 0.000000686. The van der Waals surface area contributed by atoms with Crippen LogP contribution in [0.1, 0.15) is 46.6 Å². The van der Waals surface area contributed by atoms with E-state index in [0.29, 0.717) is 0 Å². The Morgan fingerprint density at radius 2 is 1.88 bits per heavy atom. The second-order valence-corrected chi connectivity index (χ2v) is 4.66. The molecule has 0 fully saturated rings. The number of pyridine rings is 1. The maximum atomic E-state index is 4.46. The van der Waals surface area contributed by atoms with Crippen LogP contribution in [0.2, 0.25) is 0 Å². The van der Waals surface area contributed by atoms with Crippen molar-refractivity contribution in [3.8, 4) is 0 Å². The van der Waals surface area contributed by atoms with E-state index in [1.165, 1.54) is 5.56 Å². The van der Waals surface area contributed by atoms with E-state index in [-0.39, 0.29) is 5.41 Å². The molecule has 0 aliphatic carbocycles. The van der Waals surface area contributed by atoms with Crippen molar-refractivity contribution < 1.29 is 0 Å². The fraction of sp³-hybridized carbons (Fsp3) is 0.571.